The molecule has 1 fully saturated rings. The highest BCUT2D eigenvalue weighted by Gasteiger charge is 2.23. The van der Waals surface area contributed by atoms with Crippen LogP contribution in [-0.2, 0) is 6.42 Å². The third-order valence-corrected chi connectivity index (χ3v) is 8.16. The molecule has 4 N–H and O–H groups in total. The normalized spacial score (nSPS) is 16.0. The van der Waals surface area contributed by atoms with Crippen LogP contribution in [0.15, 0.2) is 67.0 Å². The van der Waals surface area contributed by atoms with Gasteiger partial charge in [-0.25, -0.2) is 8.78 Å². The molecule has 9 heteroatoms. The van der Waals surface area contributed by atoms with Crippen molar-refractivity contribution in [2.75, 3.05) is 57.4 Å². The minimum Gasteiger partial charge on any atom is -0.486 e. The highest BCUT2D eigenvalue weighted by Crippen LogP contribution is 2.34. The summed E-state index contributed by atoms with van der Waals surface area (Å²) in [6.07, 6.45) is 4.49. The first-order valence-corrected chi connectivity index (χ1v) is 14.6. The van der Waals surface area contributed by atoms with Gasteiger partial charge in [0, 0.05) is 78.7 Å². The van der Waals surface area contributed by atoms with E-state index in [2.05, 4.69) is 38.8 Å². The molecule has 7 nitrogen and oxygen atoms in total. The molecule has 0 bridgehead atoms. The van der Waals surface area contributed by atoms with Crippen LogP contribution in [0, 0.1) is 11.6 Å². The van der Waals surface area contributed by atoms with Crippen LogP contribution in [0.1, 0.15) is 24.0 Å². The number of H-pyrrole nitrogens is 2. The Morgan fingerprint density at radius 3 is 2.24 bits per heavy atom. The van der Waals surface area contributed by atoms with Crippen molar-refractivity contribution >= 4 is 27.5 Å². The fraction of sp³-hybridized carbons (Fsp3) is 0.333. The molecule has 0 amide bonds. The van der Waals surface area contributed by atoms with Gasteiger partial charge in [-0.1, -0.05) is 19.1 Å². The Balaban J connectivity index is 0.000000203. The van der Waals surface area contributed by atoms with Crippen LogP contribution in [-0.4, -0.2) is 67.4 Å². The van der Waals surface area contributed by atoms with Gasteiger partial charge in [0.25, 0.3) is 0 Å². The lowest BCUT2D eigenvalue weighted by Gasteiger charge is -2.37. The Bertz CT molecular complexity index is 1660. The Morgan fingerprint density at radius 2 is 1.50 bits per heavy atom. The molecule has 1 atom stereocenters. The van der Waals surface area contributed by atoms with Crippen LogP contribution < -0.4 is 20.1 Å². The highest BCUT2D eigenvalue weighted by atomic mass is 19.1. The van der Waals surface area contributed by atoms with Crippen LogP contribution in [0.3, 0.4) is 0 Å². The van der Waals surface area contributed by atoms with Crippen molar-refractivity contribution in [3.63, 3.8) is 0 Å². The van der Waals surface area contributed by atoms with Crippen LogP contribution >= 0.6 is 0 Å². The second-order valence-corrected chi connectivity index (χ2v) is 10.9. The Labute approximate surface area is 244 Å². The van der Waals surface area contributed by atoms with Gasteiger partial charge in [0.2, 0.25) is 0 Å². The number of rotatable bonds is 6. The molecule has 2 aromatic heterocycles. The van der Waals surface area contributed by atoms with Gasteiger partial charge in [0.1, 0.15) is 24.8 Å². The first kappa shape index (κ1) is 28.1. The largest absolute Gasteiger partial charge is 0.486 e. The summed E-state index contributed by atoms with van der Waals surface area (Å²) in [6.45, 7) is 8.79. The number of nitrogens with two attached hydrogens (primary N) is 1. The summed E-state index contributed by atoms with van der Waals surface area (Å²) in [5, 5.41) is 1.41. The standard InChI is InChI=1S/C23H26FN3O2.C10H11FN2/c1-16(18-14-25-20-4-2-3-19(24)23(18)20)15-26-7-9-27(10-8-26)17-5-6-21-22(13-17)29-12-11-28-21;11-8-2-1-3-9-10(8)7(4-5-12)6-13-9/h2-6,13-14,16,25H,7-12,15H2,1H3;1-3,6,13H,4-5,12H2. The topological polar surface area (TPSA) is 82.5 Å². The summed E-state index contributed by atoms with van der Waals surface area (Å²) in [5.41, 5.74) is 10.3. The van der Waals surface area contributed by atoms with Gasteiger partial charge in [0.15, 0.2) is 11.5 Å². The molecular weight excluding hydrogens is 536 g/mol. The van der Waals surface area contributed by atoms with Gasteiger partial charge >= 0.3 is 0 Å². The molecular formula is C33H37F2N5O2. The number of piperazine rings is 1. The van der Waals surface area contributed by atoms with E-state index in [1.165, 1.54) is 11.8 Å². The lowest BCUT2D eigenvalue weighted by molar-refractivity contribution is 0.171. The zero-order valence-electron chi connectivity index (χ0n) is 23.8. The molecule has 3 aromatic carbocycles. The minimum atomic E-state index is -0.179. The van der Waals surface area contributed by atoms with Gasteiger partial charge in [-0.05, 0) is 66.4 Å². The summed E-state index contributed by atoms with van der Waals surface area (Å²) in [5.74, 6) is 1.61. The van der Waals surface area contributed by atoms with E-state index in [1.807, 2.05) is 30.6 Å². The minimum absolute atomic E-state index is 0.144. The third kappa shape index (κ3) is 5.80. The maximum Gasteiger partial charge on any atom is 0.163 e. The van der Waals surface area contributed by atoms with Crippen molar-refractivity contribution in [3.8, 4) is 11.5 Å². The molecule has 2 aliphatic heterocycles. The molecule has 220 valence electrons. The van der Waals surface area contributed by atoms with Crippen molar-refractivity contribution < 1.29 is 18.3 Å². The Hall–Kier alpha value is -4.08. The maximum atomic E-state index is 14.3. The van der Waals surface area contributed by atoms with Crippen LogP contribution in [0.4, 0.5) is 14.5 Å². The fourth-order valence-corrected chi connectivity index (χ4v) is 6.02. The lowest BCUT2D eigenvalue weighted by atomic mass is 9.99. The number of nitrogens with one attached hydrogen (secondary N) is 2. The lowest BCUT2D eigenvalue weighted by Crippen LogP contribution is -2.47. The first-order valence-electron chi connectivity index (χ1n) is 14.6. The number of aromatic amines is 2. The zero-order valence-corrected chi connectivity index (χ0v) is 23.8. The van der Waals surface area contributed by atoms with E-state index in [0.29, 0.717) is 31.6 Å². The van der Waals surface area contributed by atoms with E-state index in [9.17, 15) is 8.78 Å². The van der Waals surface area contributed by atoms with E-state index in [0.717, 1.165) is 71.8 Å². The quantitative estimate of drug-likeness (QED) is 0.239. The summed E-state index contributed by atoms with van der Waals surface area (Å²) in [7, 11) is 0. The molecule has 0 radical (unpaired) electrons. The van der Waals surface area contributed by atoms with Crippen molar-refractivity contribution in [2.24, 2.45) is 5.73 Å². The number of fused-ring (bicyclic) bond motifs is 3. The average molecular weight is 574 g/mol. The number of nitrogens with zero attached hydrogens (tertiary/aromatic N) is 2. The molecule has 0 aliphatic carbocycles. The smallest absolute Gasteiger partial charge is 0.163 e. The third-order valence-electron chi connectivity index (χ3n) is 8.16. The molecule has 0 spiro atoms. The molecule has 5 aromatic rings. The number of hydrogen-bond donors (Lipinski definition) is 3. The molecule has 1 saturated heterocycles. The number of aromatic nitrogens is 2. The Morgan fingerprint density at radius 1 is 0.833 bits per heavy atom. The number of benzene rings is 3. The van der Waals surface area contributed by atoms with Gasteiger partial charge in [-0.15, -0.1) is 0 Å². The molecule has 1 unspecified atom stereocenters. The predicted molar refractivity (Wildman–Crippen MR) is 164 cm³/mol. The van der Waals surface area contributed by atoms with Crippen molar-refractivity contribution in [2.45, 2.75) is 19.3 Å². The average Bonchev–Trinajstić information content (AvgIpc) is 3.64. The molecule has 2 aliphatic rings. The van der Waals surface area contributed by atoms with Crippen LogP contribution in [0.5, 0.6) is 11.5 Å². The zero-order chi connectivity index (χ0) is 29.1. The maximum absolute atomic E-state index is 14.3. The number of anilines is 1. The van der Waals surface area contributed by atoms with Gasteiger partial charge in [-0.2, -0.15) is 0 Å². The monoisotopic (exact) mass is 573 g/mol. The fourth-order valence-electron chi connectivity index (χ4n) is 6.02. The van der Waals surface area contributed by atoms with Gasteiger partial charge in [0.05, 0.1) is 0 Å². The second kappa shape index (κ2) is 12.4. The number of ether oxygens (including phenoxy) is 2. The van der Waals surface area contributed by atoms with Crippen molar-refractivity contribution in [1.29, 1.82) is 0 Å². The molecule has 0 saturated carbocycles. The predicted octanol–water partition coefficient (Wildman–Crippen LogP) is 5.81. The SMILES string of the molecule is CC(CN1CCN(c2ccc3c(c2)OCCO3)CC1)c1c[nH]c2cccc(F)c12.NCCc1c[nH]c2cccc(F)c12. The van der Waals surface area contributed by atoms with Gasteiger partial charge < -0.3 is 30.1 Å². The summed E-state index contributed by atoms with van der Waals surface area (Å²) >= 11 is 0. The van der Waals surface area contributed by atoms with E-state index >= 15 is 0 Å². The van der Waals surface area contributed by atoms with E-state index in [1.54, 1.807) is 18.2 Å². The van der Waals surface area contributed by atoms with Gasteiger partial charge in [-0.3, -0.25) is 4.90 Å². The number of hydrogen-bond acceptors (Lipinski definition) is 5. The molecule has 7 rings (SSSR count). The molecule has 42 heavy (non-hydrogen) atoms. The second-order valence-electron chi connectivity index (χ2n) is 10.9. The summed E-state index contributed by atoms with van der Waals surface area (Å²) in [6, 6.07) is 16.4. The summed E-state index contributed by atoms with van der Waals surface area (Å²) in [4.78, 5) is 11.1. The van der Waals surface area contributed by atoms with E-state index in [4.69, 9.17) is 15.2 Å². The van der Waals surface area contributed by atoms with Crippen LogP contribution in [0.2, 0.25) is 0 Å². The molecule has 4 heterocycles. The highest BCUT2D eigenvalue weighted by molar-refractivity contribution is 5.84. The van der Waals surface area contributed by atoms with E-state index < -0.39 is 0 Å². The van der Waals surface area contributed by atoms with Crippen molar-refractivity contribution in [3.05, 3.63) is 89.8 Å². The van der Waals surface area contributed by atoms with Crippen LogP contribution in [0.25, 0.3) is 21.8 Å². The number of halogens is 2. The van der Waals surface area contributed by atoms with E-state index in [-0.39, 0.29) is 17.6 Å². The van der Waals surface area contributed by atoms with Crippen molar-refractivity contribution in [1.82, 2.24) is 14.9 Å². The first-order chi connectivity index (χ1) is 20.5. The Kier molecular flexibility index (Phi) is 8.30. The summed E-state index contributed by atoms with van der Waals surface area (Å²) < 4.78 is 39.0.